The van der Waals surface area contributed by atoms with Crippen molar-refractivity contribution >= 4 is 29.8 Å². The number of hydrogen-bond acceptors (Lipinski definition) is 31. The van der Waals surface area contributed by atoms with Crippen LogP contribution >= 0.6 is 0 Å². The van der Waals surface area contributed by atoms with Gasteiger partial charge in [0.25, 0.3) is 5.79 Å². The fourth-order valence-corrected chi connectivity index (χ4v) is 13.0. The minimum absolute atomic E-state index is 0.0760. The fraction of sp³-hybridized carbons (Fsp3) is 0.806. The predicted octanol–water partition coefficient (Wildman–Crippen LogP) is -4.71. The summed E-state index contributed by atoms with van der Waals surface area (Å²) >= 11 is 0. The van der Waals surface area contributed by atoms with Gasteiger partial charge in [-0.25, -0.2) is 4.79 Å². The van der Waals surface area contributed by atoms with E-state index in [-0.39, 0.29) is 6.42 Å². The zero-order valence-electron chi connectivity index (χ0n) is 57.6. The number of aliphatic hydroxyl groups is 16. The molecule has 0 spiro atoms. The van der Waals surface area contributed by atoms with E-state index in [9.17, 15) is 111 Å². The number of hydrogen-bond donors (Lipinski definition) is 20. The van der Waals surface area contributed by atoms with Gasteiger partial charge in [0.15, 0.2) is 25.2 Å². The summed E-state index contributed by atoms with van der Waals surface area (Å²) in [5.41, 5.74) is 0.953. The van der Waals surface area contributed by atoms with Gasteiger partial charge in [0.1, 0.15) is 116 Å². The Balaban J connectivity index is 1.26. The van der Waals surface area contributed by atoms with Crippen LogP contribution in [0.2, 0.25) is 0 Å². The first-order chi connectivity index (χ1) is 48.7. The van der Waals surface area contributed by atoms with Crippen LogP contribution in [0.3, 0.4) is 0 Å². The van der Waals surface area contributed by atoms with Crippen LogP contribution in [0.25, 0.3) is 6.08 Å². The van der Waals surface area contributed by atoms with Crippen LogP contribution < -0.4 is 16.0 Å². The summed E-state index contributed by atoms with van der Waals surface area (Å²) in [5.74, 6) is -7.84. The highest BCUT2D eigenvalue weighted by molar-refractivity contribution is 5.77. The van der Waals surface area contributed by atoms with Crippen LogP contribution in [0.1, 0.15) is 141 Å². The van der Waals surface area contributed by atoms with E-state index in [1.165, 1.54) is 69.9 Å². The first-order valence-electron chi connectivity index (χ1n) is 35.1. The maximum atomic E-state index is 13.8. The maximum Gasteiger partial charge on any atom is 0.364 e. The molecule has 0 aromatic heterocycles. The third-order valence-electron chi connectivity index (χ3n) is 18.8. The molecule has 0 radical (unpaired) electrons. The number of rotatable bonds is 41. The molecule has 0 saturated carbocycles. The van der Waals surface area contributed by atoms with Crippen molar-refractivity contribution in [1.29, 1.82) is 5.26 Å². The second kappa shape index (κ2) is 42.6. The Morgan fingerprint density at radius 1 is 0.588 bits per heavy atom. The normalized spacial score (nSPS) is 35.6. The molecule has 5 fully saturated rings. The molecule has 6 rings (SSSR count). The van der Waals surface area contributed by atoms with Gasteiger partial charge >= 0.3 is 5.97 Å². The third-order valence-corrected chi connectivity index (χ3v) is 18.8. The van der Waals surface area contributed by atoms with Crippen LogP contribution in [-0.2, 0) is 66.5 Å². The summed E-state index contributed by atoms with van der Waals surface area (Å²) in [7, 11) is 0. The Morgan fingerprint density at radius 2 is 1.08 bits per heavy atom. The standard InChI is InChI=1S/C67H108N4O31/c1-4-5-6-7-8-9-10-11-12-13-14-15-16-17-18-19-46(82)71-38(39(79)25-24-36-20-22-37(27-68)23-21-36)33-93-63-55(89)53(87)57(44(31-75)96-63)98-65-56(90)61(102-67(66(91)92)26-40(80)47(69-34(2)77)60(101-67)49(83)41(81)28-72)58(45(32-76)97-65)99-62-48(70-35(3)78)59(51(85)43(30-74)94-62)100-64-54(88)52(86)50(84)42(29-73)95-64/h20-25,38-45,47-65,72-76,79-81,83-90H,4-19,26,28-33H2,1-3H3,(H,69,77)(H,70,78)(H,71,82)(H,91,92)/b25-24+/t38-,39+,40-,41+,42+,43+,44+,45+,47?,48+,49+,50-,51-,52-,53+,54+,55+,56+,57+,58-,59+,60?,61+,62-,63+,64-,65-,67-/m0/s1. The SMILES string of the molecule is CCCCCCCCCCCCCCCCCC(=O)N[C@@H](CO[C@@H]1O[C@H](CO)[C@@H](O[C@@H]2O[C@H](CO)[C@H](O[C@@H]3O[C@H](CO)[C@H](O)[C@H](O[C@@H]4O[C@H](CO)[C@H](O)[C@H](O)[C@H]4O)[C@H]3NC(C)=O)[C@H](O[C@]3(C(=O)O)C[C@H](O)C(NC(C)=O)C([C@H](O)[C@H](O)CO)O3)[C@H]2O)[C@H](O)[C@H]1O)[C@H](O)/C=C/c1ccc(C#N)cc1. The molecule has 35 heteroatoms. The average molecular weight is 1470 g/mol. The predicted molar refractivity (Wildman–Crippen MR) is 348 cm³/mol. The van der Waals surface area contributed by atoms with Gasteiger partial charge in [-0.05, 0) is 24.1 Å². The Morgan fingerprint density at radius 3 is 1.63 bits per heavy atom. The number of nitrogens with one attached hydrogen (secondary N) is 3. The number of nitriles is 1. The molecule has 1 aromatic rings. The summed E-state index contributed by atoms with van der Waals surface area (Å²) < 4.78 is 59.7. The lowest BCUT2D eigenvalue weighted by Gasteiger charge is -2.52. The topological polar surface area (TPSA) is 564 Å². The van der Waals surface area contributed by atoms with E-state index in [1.54, 1.807) is 24.3 Å². The average Bonchev–Trinajstić information content (AvgIpc) is 0.750. The van der Waals surface area contributed by atoms with Crippen molar-refractivity contribution in [2.75, 3.05) is 39.6 Å². The summed E-state index contributed by atoms with van der Waals surface area (Å²) in [5, 5.41) is 205. The highest BCUT2D eigenvalue weighted by Gasteiger charge is 2.62. The molecule has 0 bridgehead atoms. The lowest BCUT2D eigenvalue weighted by molar-refractivity contribution is -0.403. The molecule has 5 aliphatic heterocycles. The van der Waals surface area contributed by atoms with E-state index in [2.05, 4.69) is 22.9 Å². The molecule has 28 atom stereocenters. The number of carbonyl (C=O) groups excluding carboxylic acids is 3. The van der Waals surface area contributed by atoms with Gasteiger partial charge in [-0.2, -0.15) is 5.26 Å². The molecular weight excluding hydrogens is 1360 g/mol. The van der Waals surface area contributed by atoms with Gasteiger partial charge in [-0.15, -0.1) is 0 Å². The second-order valence-corrected chi connectivity index (χ2v) is 26.6. The minimum Gasteiger partial charge on any atom is -0.477 e. The number of nitrogens with zero attached hydrogens (tertiary/aromatic N) is 1. The monoisotopic (exact) mass is 1460 g/mol. The number of carbonyl (C=O) groups is 4. The maximum absolute atomic E-state index is 13.8. The Labute approximate surface area is 590 Å². The Bertz CT molecular complexity index is 2740. The smallest absolute Gasteiger partial charge is 0.364 e. The Hall–Kier alpha value is -4.71. The van der Waals surface area contributed by atoms with E-state index >= 15 is 0 Å². The lowest BCUT2D eigenvalue weighted by Crippen LogP contribution is -2.72. The first kappa shape index (κ1) is 86.2. The summed E-state index contributed by atoms with van der Waals surface area (Å²) in [6, 6.07) is 3.42. The van der Waals surface area contributed by atoms with Crippen molar-refractivity contribution in [3.8, 4) is 6.07 Å². The fourth-order valence-electron chi connectivity index (χ4n) is 13.0. The molecule has 5 saturated heterocycles. The number of carboxylic acid groups (broad SMARTS) is 1. The molecule has 582 valence electrons. The quantitative estimate of drug-likeness (QED) is 0.0274. The van der Waals surface area contributed by atoms with Crippen molar-refractivity contribution in [3.63, 3.8) is 0 Å². The lowest BCUT2D eigenvalue weighted by atomic mass is 9.88. The van der Waals surface area contributed by atoms with Crippen LogP contribution in [0, 0.1) is 11.3 Å². The van der Waals surface area contributed by atoms with Crippen molar-refractivity contribution < 1.29 is 153 Å². The van der Waals surface area contributed by atoms with E-state index in [4.69, 9.17) is 47.4 Å². The number of aliphatic carboxylic acids is 1. The van der Waals surface area contributed by atoms with Gasteiger partial charge in [0, 0.05) is 26.7 Å². The molecule has 20 N–H and O–H groups in total. The van der Waals surface area contributed by atoms with Crippen molar-refractivity contribution in [3.05, 3.63) is 41.5 Å². The van der Waals surface area contributed by atoms with Gasteiger partial charge in [0.2, 0.25) is 17.7 Å². The first-order valence-corrected chi connectivity index (χ1v) is 35.1. The van der Waals surface area contributed by atoms with E-state index in [1.807, 2.05) is 6.07 Å². The van der Waals surface area contributed by atoms with Crippen molar-refractivity contribution in [2.45, 2.75) is 301 Å². The second-order valence-electron chi connectivity index (χ2n) is 26.6. The molecule has 3 amide bonds. The largest absolute Gasteiger partial charge is 0.477 e. The highest BCUT2D eigenvalue weighted by atomic mass is 16.8. The molecule has 1 aromatic carbocycles. The number of carboxylic acids is 1. The van der Waals surface area contributed by atoms with Crippen molar-refractivity contribution in [2.24, 2.45) is 0 Å². The number of unbranched alkanes of at least 4 members (excludes halogenated alkanes) is 14. The van der Waals surface area contributed by atoms with Gasteiger partial charge in [-0.3, -0.25) is 14.4 Å². The molecule has 5 aliphatic rings. The molecule has 102 heavy (non-hydrogen) atoms. The third kappa shape index (κ3) is 23.6. The van der Waals surface area contributed by atoms with Crippen LogP contribution in [0.15, 0.2) is 30.3 Å². The van der Waals surface area contributed by atoms with Gasteiger partial charge < -0.3 is 150 Å². The highest BCUT2D eigenvalue weighted by Crippen LogP contribution is 2.41. The van der Waals surface area contributed by atoms with Crippen LogP contribution in [-0.4, -0.2) is 321 Å². The van der Waals surface area contributed by atoms with E-state index < -0.39 is 241 Å². The zero-order valence-corrected chi connectivity index (χ0v) is 57.6. The zero-order chi connectivity index (χ0) is 75.0. The van der Waals surface area contributed by atoms with E-state index in [0.29, 0.717) is 17.5 Å². The molecule has 35 nitrogen and oxygen atoms in total. The van der Waals surface area contributed by atoms with Crippen LogP contribution in [0.5, 0.6) is 0 Å². The number of aliphatic hydroxyl groups excluding tert-OH is 16. The minimum atomic E-state index is -3.40. The Kier molecular flexibility index (Phi) is 36.0. The number of ether oxygens (including phenoxy) is 10. The summed E-state index contributed by atoms with van der Waals surface area (Å²) in [6.45, 7) is -2.09. The van der Waals surface area contributed by atoms with E-state index in [0.717, 1.165) is 46.0 Å². The van der Waals surface area contributed by atoms with Crippen LogP contribution in [0.4, 0.5) is 0 Å². The van der Waals surface area contributed by atoms with Crippen molar-refractivity contribution in [1.82, 2.24) is 16.0 Å². The molecule has 2 unspecified atom stereocenters. The molecular formula is C67H108N4O31. The summed E-state index contributed by atoms with van der Waals surface area (Å²) in [6.07, 6.45) is -31.6. The molecule has 5 heterocycles. The number of amides is 3. The molecule has 0 aliphatic carbocycles. The summed E-state index contributed by atoms with van der Waals surface area (Å²) in [4.78, 5) is 52.8. The number of benzene rings is 1. The van der Waals surface area contributed by atoms with Gasteiger partial charge in [-0.1, -0.05) is 121 Å². The van der Waals surface area contributed by atoms with Gasteiger partial charge in [0.05, 0.1) is 75.6 Å².